The third-order valence-corrected chi connectivity index (χ3v) is 4.54. The third-order valence-electron chi connectivity index (χ3n) is 2.37. The van der Waals surface area contributed by atoms with Crippen molar-refractivity contribution < 1.29 is 0 Å². The van der Waals surface area contributed by atoms with Crippen molar-refractivity contribution in [3.05, 3.63) is 27.4 Å². The van der Waals surface area contributed by atoms with E-state index in [1.807, 2.05) is 25.3 Å². The zero-order valence-corrected chi connectivity index (χ0v) is 11.1. The molecule has 0 aliphatic heterocycles. The van der Waals surface area contributed by atoms with Crippen LogP contribution in [0.2, 0.25) is 0 Å². The van der Waals surface area contributed by atoms with Crippen molar-refractivity contribution in [2.45, 2.75) is 26.2 Å². The normalized spacial score (nSPS) is 11.4. The summed E-state index contributed by atoms with van der Waals surface area (Å²) in [4.78, 5) is 6.96. The quantitative estimate of drug-likeness (QED) is 0.806. The minimum absolute atomic E-state index is 0.495. The second-order valence-electron chi connectivity index (χ2n) is 4.14. The Morgan fingerprint density at radius 1 is 1.44 bits per heavy atom. The van der Waals surface area contributed by atoms with Gasteiger partial charge in [-0.3, -0.25) is 0 Å². The number of hydrogen-bond donors (Lipinski definition) is 0. The van der Waals surface area contributed by atoms with Crippen LogP contribution in [-0.2, 0) is 5.41 Å². The van der Waals surface area contributed by atoms with Crippen molar-refractivity contribution >= 4 is 22.7 Å². The largest absolute Gasteiger partial charge is 0.238 e. The molecule has 2 aromatic heterocycles. The fourth-order valence-electron chi connectivity index (χ4n) is 1.35. The van der Waals surface area contributed by atoms with Gasteiger partial charge in [-0.15, -0.1) is 22.7 Å². The first-order chi connectivity index (χ1) is 7.54. The molecule has 0 unspecified atom stereocenters. The van der Waals surface area contributed by atoms with E-state index in [0.717, 1.165) is 10.7 Å². The smallest absolute Gasteiger partial charge is 0.113 e. The second-order valence-corrected chi connectivity index (χ2v) is 6.29. The molecule has 0 radical (unpaired) electrons. The molecule has 0 aliphatic carbocycles. The van der Waals surface area contributed by atoms with Gasteiger partial charge in [0.1, 0.15) is 10.4 Å². The molecule has 2 heterocycles. The monoisotopic (exact) mass is 248 g/mol. The Morgan fingerprint density at radius 3 is 2.75 bits per heavy atom. The van der Waals surface area contributed by atoms with E-state index in [2.05, 4.69) is 24.0 Å². The highest BCUT2D eigenvalue weighted by molar-refractivity contribution is 7.15. The van der Waals surface area contributed by atoms with Gasteiger partial charge in [-0.05, 0) is 32.2 Å². The highest BCUT2D eigenvalue weighted by atomic mass is 32.1. The zero-order valence-electron chi connectivity index (χ0n) is 9.44. The van der Waals surface area contributed by atoms with Crippen LogP contribution in [-0.4, -0.2) is 4.98 Å². The number of nitrogens with zero attached hydrogens (tertiary/aromatic N) is 2. The molecule has 0 atom stereocenters. The summed E-state index contributed by atoms with van der Waals surface area (Å²) >= 11 is 3.30. The van der Waals surface area contributed by atoms with Crippen molar-refractivity contribution in [1.82, 2.24) is 4.98 Å². The van der Waals surface area contributed by atoms with Crippen LogP contribution in [0.3, 0.4) is 0 Å². The molecule has 0 N–H and O–H groups in total. The van der Waals surface area contributed by atoms with Crippen LogP contribution in [0.4, 0.5) is 0 Å². The van der Waals surface area contributed by atoms with E-state index in [9.17, 15) is 0 Å². The van der Waals surface area contributed by atoms with Crippen LogP contribution in [0.25, 0.3) is 10.6 Å². The van der Waals surface area contributed by atoms with Crippen LogP contribution in [0.5, 0.6) is 0 Å². The van der Waals surface area contributed by atoms with E-state index in [1.165, 1.54) is 9.75 Å². The van der Waals surface area contributed by atoms with Crippen molar-refractivity contribution in [2.75, 3.05) is 0 Å². The molecule has 0 amide bonds. The summed E-state index contributed by atoms with van der Waals surface area (Å²) in [6.07, 6.45) is 0. The van der Waals surface area contributed by atoms with Crippen molar-refractivity contribution in [3.63, 3.8) is 0 Å². The first-order valence-electron chi connectivity index (χ1n) is 4.97. The van der Waals surface area contributed by atoms with Gasteiger partial charge < -0.3 is 0 Å². The summed E-state index contributed by atoms with van der Waals surface area (Å²) in [6.45, 7) is 5.87. The molecule has 0 aliphatic rings. The average Bonchev–Trinajstić information content (AvgIpc) is 2.86. The van der Waals surface area contributed by atoms with Crippen LogP contribution in [0, 0.1) is 18.3 Å². The van der Waals surface area contributed by atoms with Crippen molar-refractivity contribution in [3.8, 4) is 16.6 Å². The molecular formula is C12H12N2S2. The summed E-state index contributed by atoms with van der Waals surface area (Å²) in [5, 5.41) is 12.0. The van der Waals surface area contributed by atoms with E-state index in [0.29, 0.717) is 0 Å². The van der Waals surface area contributed by atoms with Gasteiger partial charge in [0.15, 0.2) is 0 Å². The Kier molecular flexibility index (Phi) is 2.83. The van der Waals surface area contributed by atoms with E-state index in [1.54, 1.807) is 22.7 Å². The van der Waals surface area contributed by atoms with Gasteiger partial charge in [-0.25, -0.2) is 4.98 Å². The molecule has 2 aromatic rings. The van der Waals surface area contributed by atoms with Crippen LogP contribution in [0.1, 0.15) is 23.7 Å². The molecule has 2 rings (SSSR count). The second kappa shape index (κ2) is 4.00. The van der Waals surface area contributed by atoms with Crippen molar-refractivity contribution in [1.29, 1.82) is 5.26 Å². The lowest BCUT2D eigenvalue weighted by Crippen LogP contribution is -2.13. The molecule has 0 saturated heterocycles. The first-order valence-corrected chi connectivity index (χ1v) is 6.67. The van der Waals surface area contributed by atoms with Gasteiger partial charge in [-0.1, -0.05) is 6.07 Å². The van der Waals surface area contributed by atoms with E-state index in [4.69, 9.17) is 5.26 Å². The first kappa shape index (κ1) is 11.3. The molecule has 4 heteroatoms. The number of thiophene rings is 1. The molecule has 16 heavy (non-hydrogen) atoms. The Morgan fingerprint density at radius 2 is 2.19 bits per heavy atom. The van der Waals surface area contributed by atoms with Gasteiger partial charge in [-0.2, -0.15) is 5.26 Å². The van der Waals surface area contributed by atoms with E-state index < -0.39 is 5.41 Å². The topological polar surface area (TPSA) is 36.7 Å². The Bertz CT molecular complexity index is 530. The molecular weight excluding hydrogens is 236 g/mol. The SMILES string of the molecule is Cc1sc(C(C)(C)C#N)nc1-c1cccs1. The van der Waals surface area contributed by atoms with E-state index in [-0.39, 0.29) is 0 Å². The lowest BCUT2D eigenvalue weighted by molar-refractivity contribution is 0.680. The van der Waals surface area contributed by atoms with Gasteiger partial charge in [0, 0.05) is 4.88 Å². The number of thiazole rings is 1. The van der Waals surface area contributed by atoms with Gasteiger partial charge in [0.05, 0.1) is 16.6 Å². The van der Waals surface area contributed by atoms with E-state index >= 15 is 0 Å². The van der Waals surface area contributed by atoms with Gasteiger partial charge in [0.2, 0.25) is 0 Å². The van der Waals surface area contributed by atoms with Crippen LogP contribution >= 0.6 is 22.7 Å². The summed E-state index contributed by atoms with van der Waals surface area (Å²) in [5.41, 5.74) is 0.531. The van der Waals surface area contributed by atoms with Gasteiger partial charge in [0.25, 0.3) is 0 Å². The molecule has 0 saturated carbocycles. The molecule has 0 bridgehead atoms. The number of rotatable bonds is 2. The highest BCUT2D eigenvalue weighted by Gasteiger charge is 2.25. The van der Waals surface area contributed by atoms with Crippen LogP contribution in [0.15, 0.2) is 17.5 Å². The fraction of sp³-hybridized carbons (Fsp3) is 0.333. The van der Waals surface area contributed by atoms with Gasteiger partial charge >= 0.3 is 0 Å². The lowest BCUT2D eigenvalue weighted by atomic mass is 9.97. The maximum atomic E-state index is 9.10. The standard InChI is InChI=1S/C12H12N2S2/c1-8-10(9-5-4-6-15-9)14-11(16-8)12(2,3)7-13/h4-6H,1-3H3. The minimum Gasteiger partial charge on any atom is -0.238 e. The minimum atomic E-state index is -0.495. The van der Waals surface area contributed by atoms with Crippen LogP contribution < -0.4 is 0 Å². The highest BCUT2D eigenvalue weighted by Crippen LogP contribution is 2.35. The summed E-state index contributed by atoms with van der Waals surface area (Å²) in [7, 11) is 0. The van der Waals surface area contributed by atoms with Crippen molar-refractivity contribution in [2.24, 2.45) is 0 Å². The fourth-order valence-corrected chi connectivity index (χ4v) is 3.17. The molecule has 0 spiro atoms. The summed E-state index contributed by atoms with van der Waals surface area (Å²) in [5.74, 6) is 0. The maximum Gasteiger partial charge on any atom is 0.113 e. The molecule has 0 aromatic carbocycles. The average molecular weight is 248 g/mol. The predicted octanol–water partition coefficient (Wildman–Crippen LogP) is 3.98. The zero-order chi connectivity index (χ0) is 11.8. The Balaban J connectivity index is 2.49. The predicted molar refractivity (Wildman–Crippen MR) is 68.8 cm³/mol. The number of hydrogen-bond acceptors (Lipinski definition) is 4. The summed E-state index contributed by atoms with van der Waals surface area (Å²) in [6, 6.07) is 6.38. The third kappa shape index (κ3) is 1.89. The number of aromatic nitrogens is 1. The lowest BCUT2D eigenvalue weighted by Gasteiger charge is -2.09. The molecule has 2 nitrogen and oxygen atoms in total. The molecule has 82 valence electrons. The Hall–Kier alpha value is -1.18. The molecule has 0 fully saturated rings. The number of nitriles is 1. The number of aryl methyl sites for hydroxylation is 1. The summed E-state index contributed by atoms with van der Waals surface area (Å²) < 4.78 is 0. The maximum absolute atomic E-state index is 9.10. The Labute approximate surface area is 103 Å².